The Morgan fingerprint density at radius 3 is 2.88 bits per heavy atom. The summed E-state index contributed by atoms with van der Waals surface area (Å²) in [6.45, 7) is 0.119. The molecule has 0 radical (unpaired) electrons. The predicted octanol–water partition coefficient (Wildman–Crippen LogP) is 2.33. The second-order valence-electron chi connectivity index (χ2n) is 5.96. The second kappa shape index (κ2) is 7.43. The van der Waals surface area contributed by atoms with Crippen LogP contribution in [0.2, 0.25) is 5.02 Å². The van der Waals surface area contributed by atoms with Crippen molar-refractivity contribution in [2.24, 2.45) is 5.92 Å². The van der Waals surface area contributed by atoms with E-state index in [1.165, 1.54) is 5.38 Å². The first-order chi connectivity index (χ1) is 12.4. The third-order valence-corrected chi connectivity index (χ3v) is 5.38. The second-order valence-corrected chi connectivity index (χ2v) is 7.34. The summed E-state index contributed by atoms with van der Waals surface area (Å²) in [5, 5.41) is 14.1. The lowest BCUT2D eigenvalue weighted by atomic mass is 9.93. The third kappa shape index (κ3) is 3.71. The Hall–Kier alpha value is -2.45. The van der Waals surface area contributed by atoms with Crippen LogP contribution in [0.15, 0.2) is 29.6 Å². The number of aromatic nitrogens is 1. The number of nitrogens with one attached hydrogen (secondary N) is 1. The Bertz CT molecular complexity index is 869. The highest BCUT2D eigenvalue weighted by Gasteiger charge is 2.42. The van der Waals surface area contributed by atoms with Crippen LogP contribution >= 0.6 is 22.9 Å². The minimum absolute atomic E-state index is 0.0492. The van der Waals surface area contributed by atoms with Gasteiger partial charge in [-0.1, -0.05) is 23.7 Å². The number of rotatable bonds is 5. The molecular weight excluding hydrogens is 378 g/mol. The molecule has 1 aliphatic heterocycles. The summed E-state index contributed by atoms with van der Waals surface area (Å²) >= 11 is 7.21. The monoisotopic (exact) mass is 393 g/mol. The maximum Gasteiger partial charge on any atom is 0.355 e. The summed E-state index contributed by atoms with van der Waals surface area (Å²) in [7, 11) is 1.67. The van der Waals surface area contributed by atoms with Gasteiger partial charge in [0.1, 0.15) is 5.01 Å². The van der Waals surface area contributed by atoms with Gasteiger partial charge >= 0.3 is 5.97 Å². The Morgan fingerprint density at radius 1 is 1.46 bits per heavy atom. The third-order valence-electron chi connectivity index (χ3n) is 4.30. The Kier molecular flexibility index (Phi) is 5.24. The zero-order valence-corrected chi connectivity index (χ0v) is 15.4. The van der Waals surface area contributed by atoms with Crippen LogP contribution < -0.4 is 5.32 Å². The standard InChI is InChI=1S/C17H16ClN3O4S/c1-21-14(22)6-11(15(21)9-3-2-4-10(18)5-9)16(23)19-7-13-20-12(8-26-13)17(24)25/h2-5,8,11,15H,6-7H2,1H3,(H,19,23)(H,24,25). The Balaban J connectivity index is 1.73. The van der Waals surface area contributed by atoms with Gasteiger partial charge in [-0.05, 0) is 17.7 Å². The molecule has 2 atom stereocenters. The van der Waals surface area contributed by atoms with E-state index in [1.54, 1.807) is 30.1 Å². The number of nitrogens with zero attached hydrogens (tertiary/aromatic N) is 2. The van der Waals surface area contributed by atoms with Crippen LogP contribution in [0.25, 0.3) is 0 Å². The van der Waals surface area contributed by atoms with E-state index in [2.05, 4.69) is 10.3 Å². The van der Waals surface area contributed by atoms with E-state index in [0.29, 0.717) is 10.0 Å². The number of carbonyl (C=O) groups excluding carboxylic acids is 2. The summed E-state index contributed by atoms with van der Waals surface area (Å²) in [5.74, 6) is -2.05. The van der Waals surface area contributed by atoms with Crippen LogP contribution in [0.5, 0.6) is 0 Å². The van der Waals surface area contributed by atoms with Crippen LogP contribution in [0.1, 0.15) is 33.5 Å². The Morgan fingerprint density at radius 2 is 2.23 bits per heavy atom. The van der Waals surface area contributed by atoms with Crippen LogP contribution in [0.4, 0.5) is 0 Å². The molecule has 1 aliphatic rings. The molecule has 9 heteroatoms. The fraction of sp³-hybridized carbons (Fsp3) is 0.294. The molecule has 3 rings (SSSR count). The van der Waals surface area contributed by atoms with E-state index in [4.69, 9.17) is 16.7 Å². The molecule has 1 saturated heterocycles. The smallest absolute Gasteiger partial charge is 0.355 e. The van der Waals surface area contributed by atoms with Crippen molar-refractivity contribution >= 4 is 40.7 Å². The molecule has 1 fully saturated rings. The number of amides is 2. The fourth-order valence-electron chi connectivity index (χ4n) is 3.04. The molecule has 2 N–H and O–H groups in total. The summed E-state index contributed by atoms with van der Waals surface area (Å²) in [4.78, 5) is 41.2. The highest BCUT2D eigenvalue weighted by atomic mass is 35.5. The first-order valence-electron chi connectivity index (χ1n) is 7.83. The zero-order valence-electron chi connectivity index (χ0n) is 13.8. The number of aromatic carboxylic acids is 1. The van der Waals surface area contributed by atoms with Gasteiger partial charge in [-0.15, -0.1) is 11.3 Å². The summed E-state index contributed by atoms with van der Waals surface area (Å²) in [5.41, 5.74) is 0.750. The molecule has 0 spiro atoms. The van der Waals surface area contributed by atoms with Crippen LogP contribution in [0, 0.1) is 5.92 Å². The summed E-state index contributed by atoms with van der Waals surface area (Å²) < 4.78 is 0. The van der Waals surface area contributed by atoms with Crippen LogP contribution in [0.3, 0.4) is 0 Å². The molecule has 1 aromatic heterocycles. The number of thiazole rings is 1. The number of likely N-dealkylation sites (tertiary alicyclic amines) is 1. The topological polar surface area (TPSA) is 99.6 Å². The summed E-state index contributed by atoms with van der Waals surface area (Å²) in [6.07, 6.45) is 0.109. The number of hydrogen-bond acceptors (Lipinski definition) is 5. The largest absolute Gasteiger partial charge is 0.476 e. The average Bonchev–Trinajstić information content (AvgIpc) is 3.18. The van der Waals surface area contributed by atoms with Gasteiger partial charge in [-0.2, -0.15) is 0 Å². The predicted molar refractivity (Wildman–Crippen MR) is 96.0 cm³/mol. The lowest BCUT2D eigenvalue weighted by molar-refractivity contribution is -0.128. The van der Waals surface area contributed by atoms with Crippen molar-refractivity contribution in [3.63, 3.8) is 0 Å². The molecule has 26 heavy (non-hydrogen) atoms. The van der Waals surface area contributed by atoms with Gasteiger partial charge in [-0.3, -0.25) is 9.59 Å². The first kappa shape index (κ1) is 18.3. The van der Waals surface area contributed by atoms with Crippen molar-refractivity contribution in [3.8, 4) is 0 Å². The molecule has 2 aromatic rings. The van der Waals surface area contributed by atoms with E-state index in [-0.39, 0.29) is 30.5 Å². The SMILES string of the molecule is CN1C(=O)CC(C(=O)NCc2nc(C(=O)O)cs2)C1c1cccc(Cl)c1. The molecule has 2 heterocycles. The minimum Gasteiger partial charge on any atom is -0.476 e. The highest BCUT2D eigenvalue weighted by molar-refractivity contribution is 7.09. The molecule has 2 unspecified atom stereocenters. The molecule has 0 bridgehead atoms. The van der Waals surface area contributed by atoms with Gasteiger partial charge in [0.2, 0.25) is 11.8 Å². The van der Waals surface area contributed by atoms with E-state index >= 15 is 0 Å². The highest BCUT2D eigenvalue weighted by Crippen LogP contribution is 2.37. The van der Waals surface area contributed by atoms with Gasteiger partial charge in [0.25, 0.3) is 0 Å². The lowest BCUT2D eigenvalue weighted by Crippen LogP contribution is -2.34. The Labute approximate surface area is 158 Å². The van der Waals surface area contributed by atoms with E-state index in [1.807, 2.05) is 6.07 Å². The maximum absolute atomic E-state index is 12.7. The number of carboxylic acid groups (broad SMARTS) is 1. The minimum atomic E-state index is -1.11. The lowest BCUT2D eigenvalue weighted by Gasteiger charge is -2.25. The fourth-order valence-corrected chi connectivity index (χ4v) is 3.94. The average molecular weight is 394 g/mol. The van der Waals surface area contributed by atoms with Crippen LogP contribution in [-0.4, -0.2) is 39.8 Å². The molecule has 7 nitrogen and oxygen atoms in total. The van der Waals surface area contributed by atoms with E-state index < -0.39 is 17.9 Å². The van der Waals surface area contributed by atoms with Gasteiger partial charge in [-0.25, -0.2) is 9.78 Å². The number of halogens is 1. The van der Waals surface area contributed by atoms with Gasteiger partial charge < -0.3 is 15.3 Å². The van der Waals surface area contributed by atoms with Gasteiger partial charge in [0.05, 0.1) is 18.5 Å². The van der Waals surface area contributed by atoms with Crippen molar-refractivity contribution in [1.82, 2.24) is 15.2 Å². The number of carboxylic acids is 1. The van der Waals surface area contributed by atoms with Crippen molar-refractivity contribution in [3.05, 3.63) is 50.9 Å². The molecular formula is C17H16ClN3O4S. The molecule has 2 amide bonds. The normalized spacial score (nSPS) is 19.6. The quantitative estimate of drug-likeness (QED) is 0.812. The molecule has 0 saturated carbocycles. The van der Waals surface area contributed by atoms with Gasteiger partial charge in [0.15, 0.2) is 5.69 Å². The van der Waals surface area contributed by atoms with E-state index in [0.717, 1.165) is 16.9 Å². The number of hydrogen-bond donors (Lipinski definition) is 2. The summed E-state index contributed by atoms with van der Waals surface area (Å²) in [6, 6.07) is 6.71. The maximum atomic E-state index is 12.7. The first-order valence-corrected chi connectivity index (χ1v) is 9.09. The van der Waals surface area contributed by atoms with Crippen molar-refractivity contribution in [2.75, 3.05) is 7.05 Å². The molecule has 0 aliphatic carbocycles. The van der Waals surface area contributed by atoms with Crippen molar-refractivity contribution in [1.29, 1.82) is 0 Å². The molecule has 1 aromatic carbocycles. The van der Waals surface area contributed by atoms with Crippen LogP contribution in [-0.2, 0) is 16.1 Å². The number of carbonyl (C=O) groups is 3. The van der Waals surface area contributed by atoms with Crippen molar-refractivity contribution in [2.45, 2.75) is 19.0 Å². The van der Waals surface area contributed by atoms with E-state index in [9.17, 15) is 14.4 Å². The van der Waals surface area contributed by atoms with Crippen molar-refractivity contribution < 1.29 is 19.5 Å². The molecule has 136 valence electrons. The zero-order chi connectivity index (χ0) is 18.8. The number of benzene rings is 1. The van der Waals surface area contributed by atoms with Gasteiger partial charge in [0, 0.05) is 23.9 Å².